The molecule has 1 N–H and O–H groups in total. The fourth-order valence-corrected chi connectivity index (χ4v) is 1.71. The van der Waals surface area contributed by atoms with Gasteiger partial charge in [0, 0.05) is 5.69 Å². The summed E-state index contributed by atoms with van der Waals surface area (Å²) < 4.78 is 4.83. The molecular weight excluding hydrogens is 222 g/mol. The number of carboxylic acids is 1. The Kier molecular flexibility index (Phi) is 2.99. The predicted octanol–water partition coefficient (Wildman–Crippen LogP) is 1.83. The lowest BCUT2D eigenvalue weighted by molar-refractivity contribution is -0.138. The summed E-state index contributed by atoms with van der Waals surface area (Å²) in [5, 5.41) is 8.87. The molecule has 0 saturated carbocycles. The number of hydrogen-bond donors (Lipinski definition) is 1. The summed E-state index contributed by atoms with van der Waals surface area (Å²) in [4.78, 5) is 23.6. The Balaban J connectivity index is 2.18. The SMILES string of the molecule is C[C@H](C(=O)O)c1ccc(N2CCOC2=O)cc1. The van der Waals surface area contributed by atoms with Crippen molar-refractivity contribution in [1.82, 2.24) is 0 Å². The lowest BCUT2D eigenvalue weighted by Gasteiger charge is -2.14. The third kappa shape index (κ3) is 2.22. The van der Waals surface area contributed by atoms with E-state index >= 15 is 0 Å². The van der Waals surface area contributed by atoms with Gasteiger partial charge in [-0.1, -0.05) is 12.1 Å². The molecule has 90 valence electrons. The summed E-state index contributed by atoms with van der Waals surface area (Å²) in [6, 6.07) is 6.92. The van der Waals surface area contributed by atoms with Crippen LogP contribution in [0.5, 0.6) is 0 Å². The van der Waals surface area contributed by atoms with Gasteiger partial charge in [0.25, 0.3) is 0 Å². The number of ether oxygens (including phenoxy) is 1. The van der Waals surface area contributed by atoms with Gasteiger partial charge >= 0.3 is 12.1 Å². The Morgan fingerprint density at radius 1 is 1.41 bits per heavy atom. The largest absolute Gasteiger partial charge is 0.481 e. The molecule has 0 unspecified atom stereocenters. The molecule has 1 saturated heterocycles. The molecule has 2 rings (SSSR count). The summed E-state index contributed by atoms with van der Waals surface area (Å²) in [5.41, 5.74) is 1.45. The number of carbonyl (C=O) groups excluding carboxylic acids is 1. The Morgan fingerprint density at radius 3 is 2.53 bits per heavy atom. The molecule has 0 bridgehead atoms. The number of carboxylic acid groups (broad SMARTS) is 1. The Labute approximate surface area is 98.6 Å². The Hall–Kier alpha value is -2.04. The maximum Gasteiger partial charge on any atom is 0.414 e. The van der Waals surface area contributed by atoms with E-state index in [0.717, 1.165) is 5.69 Å². The van der Waals surface area contributed by atoms with Crippen molar-refractivity contribution in [1.29, 1.82) is 0 Å². The number of cyclic esters (lactones) is 1. The Bertz CT molecular complexity index is 440. The molecule has 5 heteroatoms. The highest BCUT2D eigenvalue weighted by Gasteiger charge is 2.23. The van der Waals surface area contributed by atoms with Crippen molar-refractivity contribution in [2.24, 2.45) is 0 Å². The maximum atomic E-state index is 11.3. The fraction of sp³-hybridized carbons (Fsp3) is 0.333. The second-order valence-corrected chi connectivity index (χ2v) is 3.92. The highest BCUT2D eigenvalue weighted by atomic mass is 16.6. The third-order valence-electron chi connectivity index (χ3n) is 2.84. The normalized spacial score (nSPS) is 16.8. The second kappa shape index (κ2) is 4.45. The minimum atomic E-state index is -0.863. The molecule has 1 amide bonds. The van der Waals surface area contributed by atoms with Crippen LogP contribution in [-0.2, 0) is 9.53 Å². The summed E-state index contributed by atoms with van der Waals surface area (Å²) in [7, 11) is 0. The van der Waals surface area contributed by atoms with Crippen LogP contribution < -0.4 is 4.90 Å². The number of benzene rings is 1. The summed E-state index contributed by atoms with van der Waals surface area (Å²) in [6.07, 6.45) is -0.357. The monoisotopic (exact) mass is 235 g/mol. The van der Waals surface area contributed by atoms with Crippen LogP contribution in [-0.4, -0.2) is 30.3 Å². The number of nitrogens with zero attached hydrogens (tertiary/aromatic N) is 1. The summed E-state index contributed by atoms with van der Waals surface area (Å²) in [5.74, 6) is -1.41. The molecule has 1 aromatic rings. The molecule has 17 heavy (non-hydrogen) atoms. The van der Waals surface area contributed by atoms with Crippen LogP contribution in [0.3, 0.4) is 0 Å². The molecule has 0 aliphatic carbocycles. The van der Waals surface area contributed by atoms with Crippen LogP contribution in [0.4, 0.5) is 10.5 Å². The number of rotatable bonds is 3. The van der Waals surface area contributed by atoms with Gasteiger partial charge in [-0.3, -0.25) is 9.69 Å². The lowest BCUT2D eigenvalue weighted by Crippen LogP contribution is -2.23. The maximum absolute atomic E-state index is 11.3. The van der Waals surface area contributed by atoms with E-state index in [1.165, 1.54) is 4.90 Å². The van der Waals surface area contributed by atoms with Crippen LogP contribution in [0.1, 0.15) is 18.4 Å². The first-order valence-corrected chi connectivity index (χ1v) is 5.36. The molecule has 1 fully saturated rings. The minimum Gasteiger partial charge on any atom is -0.481 e. The van der Waals surface area contributed by atoms with Crippen LogP contribution in [0, 0.1) is 0 Å². The van der Waals surface area contributed by atoms with E-state index in [9.17, 15) is 9.59 Å². The third-order valence-corrected chi connectivity index (χ3v) is 2.84. The average molecular weight is 235 g/mol. The zero-order valence-electron chi connectivity index (χ0n) is 9.42. The number of hydrogen-bond acceptors (Lipinski definition) is 3. The molecule has 0 radical (unpaired) electrons. The van der Waals surface area contributed by atoms with Gasteiger partial charge in [-0.2, -0.15) is 0 Å². The molecule has 1 aliphatic rings. The molecule has 1 aliphatic heterocycles. The number of carbonyl (C=O) groups is 2. The molecule has 1 aromatic carbocycles. The van der Waals surface area contributed by atoms with Crippen LogP contribution >= 0.6 is 0 Å². The van der Waals surface area contributed by atoms with Gasteiger partial charge in [0.2, 0.25) is 0 Å². The summed E-state index contributed by atoms with van der Waals surface area (Å²) >= 11 is 0. The van der Waals surface area contributed by atoms with Gasteiger partial charge < -0.3 is 9.84 Å². The topological polar surface area (TPSA) is 66.8 Å². The van der Waals surface area contributed by atoms with Crippen molar-refractivity contribution >= 4 is 17.7 Å². The van der Waals surface area contributed by atoms with Gasteiger partial charge in [-0.15, -0.1) is 0 Å². The van der Waals surface area contributed by atoms with E-state index in [0.29, 0.717) is 18.7 Å². The molecule has 1 heterocycles. The van der Waals surface area contributed by atoms with Gasteiger partial charge in [0.15, 0.2) is 0 Å². The first-order valence-electron chi connectivity index (χ1n) is 5.36. The van der Waals surface area contributed by atoms with E-state index < -0.39 is 11.9 Å². The Morgan fingerprint density at radius 2 is 2.06 bits per heavy atom. The number of aliphatic carboxylic acids is 1. The molecular formula is C12H13NO4. The van der Waals surface area contributed by atoms with E-state index in [2.05, 4.69) is 0 Å². The smallest absolute Gasteiger partial charge is 0.414 e. The highest BCUT2D eigenvalue weighted by molar-refractivity contribution is 5.89. The van der Waals surface area contributed by atoms with Gasteiger partial charge in [0.05, 0.1) is 12.5 Å². The predicted molar refractivity (Wildman–Crippen MR) is 61.2 cm³/mol. The second-order valence-electron chi connectivity index (χ2n) is 3.92. The standard InChI is InChI=1S/C12H13NO4/c1-8(11(14)15)9-2-4-10(5-3-9)13-6-7-17-12(13)16/h2-5,8H,6-7H2,1H3,(H,14,15)/t8-/m0/s1. The molecule has 1 atom stereocenters. The quantitative estimate of drug-likeness (QED) is 0.867. The molecule has 0 aromatic heterocycles. The fourth-order valence-electron chi connectivity index (χ4n) is 1.71. The van der Waals surface area contributed by atoms with Crippen molar-refractivity contribution in [2.45, 2.75) is 12.8 Å². The van der Waals surface area contributed by atoms with Crippen molar-refractivity contribution < 1.29 is 19.4 Å². The minimum absolute atomic E-state index is 0.357. The molecule has 0 spiro atoms. The summed E-state index contributed by atoms with van der Waals surface area (Å²) in [6.45, 7) is 2.56. The highest BCUT2D eigenvalue weighted by Crippen LogP contribution is 2.22. The average Bonchev–Trinajstić information content (AvgIpc) is 2.74. The van der Waals surface area contributed by atoms with E-state index in [4.69, 9.17) is 9.84 Å². The zero-order valence-corrected chi connectivity index (χ0v) is 9.42. The molecule has 5 nitrogen and oxygen atoms in total. The number of amides is 1. The van der Waals surface area contributed by atoms with E-state index in [1.807, 2.05) is 0 Å². The van der Waals surface area contributed by atoms with E-state index in [-0.39, 0.29) is 6.09 Å². The van der Waals surface area contributed by atoms with Crippen molar-refractivity contribution in [3.8, 4) is 0 Å². The van der Waals surface area contributed by atoms with Crippen LogP contribution in [0.25, 0.3) is 0 Å². The van der Waals surface area contributed by atoms with Gasteiger partial charge in [-0.25, -0.2) is 4.79 Å². The first-order chi connectivity index (χ1) is 8.09. The van der Waals surface area contributed by atoms with Crippen molar-refractivity contribution in [3.63, 3.8) is 0 Å². The number of anilines is 1. The van der Waals surface area contributed by atoms with Gasteiger partial charge in [-0.05, 0) is 24.6 Å². The first kappa shape index (κ1) is 11.4. The van der Waals surface area contributed by atoms with Crippen LogP contribution in [0.2, 0.25) is 0 Å². The lowest BCUT2D eigenvalue weighted by atomic mass is 10.0. The van der Waals surface area contributed by atoms with Crippen LogP contribution in [0.15, 0.2) is 24.3 Å². The van der Waals surface area contributed by atoms with E-state index in [1.54, 1.807) is 31.2 Å². The van der Waals surface area contributed by atoms with Crippen molar-refractivity contribution in [2.75, 3.05) is 18.1 Å². The van der Waals surface area contributed by atoms with Crippen molar-refractivity contribution in [3.05, 3.63) is 29.8 Å². The van der Waals surface area contributed by atoms with Gasteiger partial charge in [0.1, 0.15) is 6.61 Å². The zero-order chi connectivity index (χ0) is 12.4.